The first-order valence-electron chi connectivity index (χ1n) is 5.89. The highest BCUT2D eigenvalue weighted by Crippen LogP contribution is 2.29. The van der Waals surface area contributed by atoms with Crippen molar-refractivity contribution < 1.29 is 0 Å². The lowest BCUT2D eigenvalue weighted by Crippen LogP contribution is -1.95. The molecule has 5 heteroatoms. The van der Waals surface area contributed by atoms with Crippen LogP contribution in [-0.4, -0.2) is 9.97 Å². The van der Waals surface area contributed by atoms with Crippen molar-refractivity contribution in [2.45, 2.75) is 12.8 Å². The predicted molar refractivity (Wildman–Crippen MR) is 81.4 cm³/mol. The summed E-state index contributed by atoms with van der Waals surface area (Å²) in [6.07, 6.45) is 1.59. The van der Waals surface area contributed by atoms with Gasteiger partial charge in [0, 0.05) is 16.4 Å². The summed E-state index contributed by atoms with van der Waals surface area (Å²) in [4.78, 5) is 10.8. The molecule has 0 unspecified atom stereocenters. The van der Waals surface area contributed by atoms with E-state index in [4.69, 9.17) is 11.6 Å². The molecule has 0 saturated carbocycles. The Morgan fingerprint density at radius 1 is 1.26 bits per heavy atom. The number of nitrogens with one attached hydrogen (secondary N) is 1. The smallest absolute Gasteiger partial charge is 0.142 e. The first kappa shape index (κ1) is 12.4. The number of anilines is 2. The zero-order chi connectivity index (χ0) is 13.2. The molecule has 0 spiro atoms. The summed E-state index contributed by atoms with van der Waals surface area (Å²) in [6, 6.07) is 10.1. The zero-order valence-corrected chi connectivity index (χ0v) is 11.9. The molecule has 3 aromatic rings. The Morgan fingerprint density at radius 3 is 3.00 bits per heavy atom. The van der Waals surface area contributed by atoms with Crippen molar-refractivity contribution >= 4 is 44.7 Å². The second kappa shape index (κ2) is 5.15. The summed E-state index contributed by atoms with van der Waals surface area (Å²) < 4.78 is 0. The number of benzene rings is 1. The fraction of sp³-hybridized carbons (Fsp3) is 0.143. The summed E-state index contributed by atoms with van der Waals surface area (Å²) in [5.41, 5.74) is 2.07. The minimum atomic E-state index is 0.506. The number of hydrogen-bond donors (Lipinski definition) is 1. The van der Waals surface area contributed by atoms with Crippen LogP contribution in [0.5, 0.6) is 0 Å². The number of thiophene rings is 1. The van der Waals surface area contributed by atoms with E-state index >= 15 is 0 Å². The monoisotopic (exact) mass is 289 g/mol. The number of aromatic nitrogens is 2. The Labute approximate surface area is 120 Å². The van der Waals surface area contributed by atoms with E-state index in [0.717, 1.165) is 27.3 Å². The quantitative estimate of drug-likeness (QED) is 0.722. The number of rotatable bonds is 3. The highest BCUT2D eigenvalue weighted by molar-refractivity contribution is 7.18. The van der Waals surface area contributed by atoms with Gasteiger partial charge in [-0.3, -0.25) is 0 Å². The zero-order valence-electron chi connectivity index (χ0n) is 10.4. The van der Waals surface area contributed by atoms with E-state index in [9.17, 15) is 0 Å². The molecular weight excluding hydrogens is 278 g/mol. The summed E-state index contributed by atoms with van der Waals surface area (Å²) in [7, 11) is 0. The largest absolute Gasteiger partial charge is 0.340 e. The molecule has 1 N–H and O–H groups in total. The lowest BCUT2D eigenvalue weighted by molar-refractivity contribution is 1.23. The minimum Gasteiger partial charge on any atom is -0.340 e. The average molecular weight is 290 g/mol. The molecule has 3 rings (SSSR count). The molecule has 19 heavy (non-hydrogen) atoms. The van der Waals surface area contributed by atoms with Crippen LogP contribution in [0.3, 0.4) is 0 Å². The lowest BCUT2D eigenvalue weighted by atomic mass is 10.2. The van der Waals surface area contributed by atoms with Crippen LogP contribution in [0, 0.1) is 6.92 Å². The van der Waals surface area contributed by atoms with Gasteiger partial charge in [-0.2, -0.15) is 0 Å². The summed E-state index contributed by atoms with van der Waals surface area (Å²) in [5.74, 6) is 1.34. The molecule has 0 amide bonds. The molecule has 0 bridgehead atoms. The van der Waals surface area contributed by atoms with E-state index in [2.05, 4.69) is 28.3 Å². The third-order valence-corrected chi connectivity index (χ3v) is 4.06. The molecule has 0 aliphatic rings. The molecule has 2 aromatic heterocycles. The molecular formula is C14H12ClN3S. The second-order valence-corrected chi connectivity index (χ2v) is 5.76. The van der Waals surface area contributed by atoms with E-state index in [-0.39, 0.29) is 0 Å². The highest BCUT2D eigenvalue weighted by atomic mass is 35.5. The SMILES string of the molecule is Cc1cc2c(Nc3cccc(CCl)c3)ncnc2s1. The van der Waals surface area contributed by atoms with Gasteiger partial charge in [-0.25, -0.2) is 9.97 Å². The minimum absolute atomic E-state index is 0.506. The van der Waals surface area contributed by atoms with Crippen LogP contribution >= 0.6 is 22.9 Å². The Morgan fingerprint density at radius 2 is 2.16 bits per heavy atom. The van der Waals surface area contributed by atoms with Gasteiger partial charge in [0.1, 0.15) is 17.0 Å². The van der Waals surface area contributed by atoms with E-state index in [1.165, 1.54) is 4.88 Å². The Balaban J connectivity index is 2.00. The van der Waals surface area contributed by atoms with Crippen molar-refractivity contribution in [3.8, 4) is 0 Å². The fourth-order valence-corrected chi connectivity index (χ4v) is 2.96. The molecule has 2 heterocycles. The topological polar surface area (TPSA) is 37.8 Å². The van der Waals surface area contributed by atoms with Gasteiger partial charge < -0.3 is 5.32 Å². The van der Waals surface area contributed by atoms with Crippen molar-refractivity contribution in [3.63, 3.8) is 0 Å². The first-order chi connectivity index (χ1) is 9.26. The van der Waals surface area contributed by atoms with Crippen LogP contribution < -0.4 is 5.32 Å². The number of alkyl halides is 1. The second-order valence-electron chi connectivity index (χ2n) is 4.26. The maximum Gasteiger partial charge on any atom is 0.142 e. The Kier molecular flexibility index (Phi) is 3.36. The van der Waals surface area contributed by atoms with Crippen LogP contribution in [0.15, 0.2) is 36.7 Å². The van der Waals surface area contributed by atoms with Crippen molar-refractivity contribution in [1.29, 1.82) is 0 Å². The van der Waals surface area contributed by atoms with Gasteiger partial charge in [-0.05, 0) is 30.7 Å². The maximum absolute atomic E-state index is 5.85. The van der Waals surface area contributed by atoms with Crippen LogP contribution in [-0.2, 0) is 5.88 Å². The predicted octanol–water partition coefficient (Wildman–Crippen LogP) is 4.48. The third-order valence-electron chi connectivity index (χ3n) is 2.80. The number of fused-ring (bicyclic) bond motifs is 1. The fourth-order valence-electron chi connectivity index (χ4n) is 1.94. The summed E-state index contributed by atoms with van der Waals surface area (Å²) in [5, 5.41) is 4.39. The van der Waals surface area contributed by atoms with E-state index in [1.807, 2.05) is 24.3 Å². The summed E-state index contributed by atoms with van der Waals surface area (Å²) >= 11 is 7.52. The molecule has 0 radical (unpaired) electrons. The van der Waals surface area contributed by atoms with E-state index in [0.29, 0.717) is 5.88 Å². The molecule has 0 aliphatic carbocycles. The van der Waals surface area contributed by atoms with Gasteiger partial charge in [0.2, 0.25) is 0 Å². The molecule has 3 nitrogen and oxygen atoms in total. The van der Waals surface area contributed by atoms with Gasteiger partial charge in [-0.15, -0.1) is 22.9 Å². The molecule has 0 aliphatic heterocycles. The van der Waals surface area contributed by atoms with E-state index < -0.39 is 0 Å². The van der Waals surface area contributed by atoms with Crippen molar-refractivity contribution in [1.82, 2.24) is 9.97 Å². The van der Waals surface area contributed by atoms with Gasteiger partial charge in [0.15, 0.2) is 0 Å². The number of nitrogens with zero attached hydrogens (tertiary/aromatic N) is 2. The van der Waals surface area contributed by atoms with Gasteiger partial charge in [0.25, 0.3) is 0 Å². The average Bonchev–Trinajstić information content (AvgIpc) is 2.80. The number of halogens is 1. The Hall–Kier alpha value is -1.65. The molecule has 0 fully saturated rings. The van der Waals surface area contributed by atoms with Crippen LogP contribution in [0.1, 0.15) is 10.4 Å². The summed E-state index contributed by atoms with van der Waals surface area (Å²) in [6.45, 7) is 2.07. The van der Waals surface area contributed by atoms with Crippen LogP contribution in [0.25, 0.3) is 10.2 Å². The number of aryl methyl sites for hydroxylation is 1. The maximum atomic E-state index is 5.85. The van der Waals surface area contributed by atoms with Gasteiger partial charge >= 0.3 is 0 Å². The van der Waals surface area contributed by atoms with E-state index in [1.54, 1.807) is 17.7 Å². The van der Waals surface area contributed by atoms with Crippen LogP contribution in [0.4, 0.5) is 11.5 Å². The molecule has 96 valence electrons. The van der Waals surface area contributed by atoms with Gasteiger partial charge in [0.05, 0.1) is 5.39 Å². The molecule has 0 saturated heterocycles. The van der Waals surface area contributed by atoms with Crippen LogP contribution in [0.2, 0.25) is 0 Å². The van der Waals surface area contributed by atoms with Crippen molar-refractivity contribution in [2.24, 2.45) is 0 Å². The van der Waals surface area contributed by atoms with Crippen molar-refractivity contribution in [3.05, 3.63) is 47.1 Å². The van der Waals surface area contributed by atoms with Crippen molar-refractivity contribution in [2.75, 3.05) is 5.32 Å². The molecule has 1 aromatic carbocycles. The first-order valence-corrected chi connectivity index (χ1v) is 7.24. The third kappa shape index (κ3) is 2.55. The Bertz CT molecular complexity index is 724. The standard InChI is InChI=1S/C14H12ClN3S/c1-9-5-12-13(16-8-17-14(12)19-9)18-11-4-2-3-10(6-11)7-15/h2-6,8H,7H2,1H3,(H,16,17,18). The number of hydrogen-bond acceptors (Lipinski definition) is 4. The molecule has 0 atom stereocenters. The normalized spacial score (nSPS) is 10.8. The van der Waals surface area contributed by atoms with Gasteiger partial charge in [-0.1, -0.05) is 12.1 Å². The highest BCUT2D eigenvalue weighted by Gasteiger charge is 2.07. The lowest BCUT2D eigenvalue weighted by Gasteiger charge is -2.07.